The summed E-state index contributed by atoms with van der Waals surface area (Å²) in [5.41, 5.74) is 1.99. The summed E-state index contributed by atoms with van der Waals surface area (Å²) in [5, 5.41) is 4.92. The Morgan fingerprint density at radius 2 is 2.33 bits per heavy atom. The van der Waals surface area contributed by atoms with Crippen molar-refractivity contribution >= 4 is 17.4 Å². The average Bonchev–Trinajstić information content (AvgIpc) is 2.67. The molecule has 1 aromatic heterocycles. The highest BCUT2D eigenvalue weighted by Gasteiger charge is 2.26. The van der Waals surface area contributed by atoms with Crippen LogP contribution in [-0.2, 0) is 18.3 Å². The second-order valence-electron chi connectivity index (χ2n) is 4.24. The summed E-state index contributed by atoms with van der Waals surface area (Å²) >= 11 is 6.13. The van der Waals surface area contributed by atoms with Crippen LogP contribution in [0.1, 0.15) is 30.5 Å². The quantitative estimate of drug-likeness (QED) is 0.776. The number of ketones is 1. The van der Waals surface area contributed by atoms with Gasteiger partial charge in [-0.1, -0.05) is 11.6 Å². The van der Waals surface area contributed by atoms with E-state index in [1.165, 1.54) is 0 Å². The summed E-state index contributed by atoms with van der Waals surface area (Å²) < 4.78 is 1.67. The van der Waals surface area contributed by atoms with Crippen LogP contribution in [0.15, 0.2) is 0 Å². The second-order valence-corrected chi connectivity index (χ2v) is 4.60. The molecule has 0 aliphatic heterocycles. The van der Waals surface area contributed by atoms with Gasteiger partial charge in [0.1, 0.15) is 10.9 Å². The minimum Gasteiger partial charge on any atom is -0.299 e. The van der Waals surface area contributed by atoms with Crippen LogP contribution in [0, 0.1) is 12.8 Å². The molecule has 1 aliphatic carbocycles. The molecule has 1 heterocycles. The molecule has 0 bridgehead atoms. The summed E-state index contributed by atoms with van der Waals surface area (Å²) in [5.74, 6) is 0.555. The maximum Gasteiger partial charge on any atom is 0.136 e. The molecular weight excluding hydrogens is 212 g/mol. The maximum atomic E-state index is 11.5. The van der Waals surface area contributed by atoms with Gasteiger partial charge in [0.05, 0.1) is 5.69 Å². The molecule has 4 heteroatoms. The normalized spacial score (nSPS) is 21.3. The van der Waals surface area contributed by atoms with Crippen LogP contribution >= 0.6 is 11.6 Å². The lowest BCUT2D eigenvalue weighted by atomic mass is 9.98. The van der Waals surface area contributed by atoms with E-state index in [4.69, 9.17) is 11.6 Å². The molecule has 1 unspecified atom stereocenters. The highest BCUT2D eigenvalue weighted by atomic mass is 35.5. The van der Waals surface area contributed by atoms with Crippen molar-refractivity contribution in [2.45, 2.75) is 32.6 Å². The molecule has 15 heavy (non-hydrogen) atoms. The van der Waals surface area contributed by atoms with Crippen LogP contribution in [0.25, 0.3) is 0 Å². The first-order valence-corrected chi connectivity index (χ1v) is 5.68. The van der Waals surface area contributed by atoms with Gasteiger partial charge in [0.15, 0.2) is 0 Å². The molecule has 0 saturated heterocycles. The fourth-order valence-electron chi connectivity index (χ4n) is 2.26. The number of rotatable bonds is 2. The van der Waals surface area contributed by atoms with Crippen LogP contribution in [-0.4, -0.2) is 15.6 Å². The average molecular weight is 227 g/mol. The van der Waals surface area contributed by atoms with Gasteiger partial charge in [-0.25, -0.2) is 0 Å². The van der Waals surface area contributed by atoms with Gasteiger partial charge in [0, 0.05) is 24.9 Å². The van der Waals surface area contributed by atoms with Gasteiger partial charge >= 0.3 is 0 Å². The number of carbonyl (C=O) groups excluding carboxylic acids is 1. The van der Waals surface area contributed by atoms with E-state index in [-0.39, 0.29) is 5.92 Å². The zero-order valence-corrected chi connectivity index (χ0v) is 9.84. The smallest absolute Gasteiger partial charge is 0.136 e. The SMILES string of the molecule is Cc1nn(C)c(Cl)c1CC1CCCC1=O. The summed E-state index contributed by atoms with van der Waals surface area (Å²) in [6.45, 7) is 1.95. The fourth-order valence-corrected chi connectivity index (χ4v) is 2.51. The molecule has 0 aromatic carbocycles. The van der Waals surface area contributed by atoms with Gasteiger partial charge in [-0.2, -0.15) is 5.10 Å². The minimum atomic E-state index is 0.172. The van der Waals surface area contributed by atoms with Crippen LogP contribution in [0.2, 0.25) is 5.15 Å². The lowest BCUT2D eigenvalue weighted by Gasteiger charge is -2.06. The van der Waals surface area contributed by atoms with E-state index in [0.29, 0.717) is 10.9 Å². The summed E-state index contributed by atoms with van der Waals surface area (Å²) in [6, 6.07) is 0. The Balaban J connectivity index is 2.20. The number of hydrogen-bond donors (Lipinski definition) is 0. The largest absolute Gasteiger partial charge is 0.299 e. The molecule has 1 fully saturated rings. The standard InChI is InChI=1S/C11H15ClN2O/c1-7-9(11(12)14(2)13-7)6-8-4-3-5-10(8)15/h8H,3-6H2,1-2H3. The van der Waals surface area contributed by atoms with Crippen LogP contribution in [0.4, 0.5) is 0 Å². The van der Waals surface area contributed by atoms with Gasteiger partial charge in [0.2, 0.25) is 0 Å². The van der Waals surface area contributed by atoms with Crippen LogP contribution in [0.5, 0.6) is 0 Å². The van der Waals surface area contributed by atoms with Gasteiger partial charge in [-0.3, -0.25) is 9.48 Å². The Bertz CT molecular complexity index is 398. The Kier molecular flexibility index (Phi) is 2.83. The van der Waals surface area contributed by atoms with Crippen molar-refractivity contribution in [2.75, 3.05) is 0 Å². The van der Waals surface area contributed by atoms with E-state index < -0.39 is 0 Å². The van der Waals surface area contributed by atoms with Crippen molar-refractivity contribution in [2.24, 2.45) is 13.0 Å². The van der Waals surface area contributed by atoms with Crippen molar-refractivity contribution in [1.82, 2.24) is 9.78 Å². The van der Waals surface area contributed by atoms with Gasteiger partial charge in [0.25, 0.3) is 0 Å². The van der Waals surface area contributed by atoms with E-state index >= 15 is 0 Å². The molecule has 82 valence electrons. The van der Waals surface area contributed by atoms with Gasteiger partial charge in [-0.05, 0) is 26.2 Å². The summed E-state index contributed by atoms with van der Waals surface area (Å²) in [6.07, 6.45) is 3.53. The number of carbonyl (C=O) groups is 1. The molecular formula is C11H15ClN2O. The van der Waals surface area contributed by atoms with E-state index in [1.54, 1.807) is 4.68 Å². The van der Waals surface area contributed by atoms with Crippen molar-refractivity contribution in [1.29, 1.82) is 0 Å². The Morgan fingerprint density at radius 3 is 2.80 bits per heavy atom. The molecule has 0 amide bonds. The number of aryl methyl sites for hydroxylation is 2. The molecule has 0 radical (unpaired) electrons. The Hall–Kier alpha value is -0.830. The van der Waals surface area contributed by atoms with Crippen LogP contribution < -0.4 is 0 Å². The first-order valence-electron chi connectivity index (χ1n) is 5.30. The van der Waals surface area contributed by atoms with Gasteiger partial charge < -0.3 is 0 Å². The predicted molar refractivity (Wildman–Crippen MR) is 59.0 cm³/mol. The molecule has 0 N–H and O–H groups in total. The molecule has 3 nitrogen and oxygen atoms in total. The number of nitrogens with zero attached hydrogens (tertiary/aromatic N) is 2. The minimum absolute atomic E-state index is 0.172. The molecule has 1 aliphatic rings. The topological polar surface area (TPSA) is 34.9 Å². The van der Waals surface area contributed by atoms with Crippen molar-refractivity contribution in [3.8, 4) is 0 Å². The lowest BCUT2D eigenvalue weighted by molar-refractivity contribution is -0.120. The predicted octanol–water partition coefficient (Wildman–Crippen LogP) is 2.29. The van der Waals surface area contributed by atoms with Crippen molar-refractivity contribution < 1.29 is 4.79 Å². The second kappa shape index (κ2) is 3.97. The Morgan fingerprint density at radius 1 is 1.60 bits per heavy atom. The maximum absolute atomic E-state index is 11.5. The molecule has 0 spiro atoms. The van der Waals surface area contributed by atoms with E-state index in [2.05, 4.69) is 5.10 Å². The third-order valence-corrected chi connectivity index (χ3v) is 3.62. The van der Waals surface area contributed by atoms with Gasteiger partial charge in [-0.15, -0.1) is 0 Å². The van der Waals surface area contributed by atoms with E-state index in [9.17, 15) is 4.79 Å². The highest BCUT2D eigenvalue weighted by molar-refractivity contribution is 6.30. The molecule has 1 aromatic rings. The first kappa shape index (κ1) is 10.7. The number of hydrogen-bond acceptors (Lipinski definition) is 2. The summed E-state index contributed by atoms with van der Waals surface area (Å²) in [4.78, 5) is 11.5. The molecule has 2 rings (SSSR count). The number of halogens is 1. The first-order chi connectivity index (χ1) is 7.09. The van der Waals surface area contributed by atoms with Crippen LogP contribution in [0.3, 0.4) is 0 Å². The third-order valence-electron chi connectivity index (χ3n) is 3.15. The van der Waals surface area contributed by atoms with Crippen molar-refractivity contribution in [3.63, 3.8) is 0 Å². The fraction of sp³-hybridized carbons (Fsp3) is 0.636. The monoisotopic (exact) mass is 226 g/mol. The third kappa shape index (κ3) is 1.93. The van der Waals surface area contributed by atoms with E-state index in [1.807, 2.05) is 14.0 Å². The summed E-state index contributed by atoms with van der Waals surface area (Å²) in [7, 11) is 1.83. The number of Topliss-reactive ketones (excluding diaryl/α,β-unsaturated/α-hetero) is 1. The molecule has 1 saturated carbocycles. The Labute approximate surface area is 94.4 Å². The number of aromatic nitrogens is 2. The van der Waals surface area contributed by atoms with Crippen molar-refractivity contribution in [3.05, 3.63) is 16.4 Å². The zero-order valence-electron chi connectivity index (χ0n) is 9.09. The highest BCUT2D eigenvalue weighted by Crippen LogP contribution is 2.29. The lowest BCUT2D eigenvalue weighted by Crippen LogP contribution is -2.10. The zero-order chi connectivity index (χ0) is 11.0. The van der Waals surface area contributed by atoms with E-state index in [0.717, 1.165) is 36.9 Å². The molecule has 1 atom stereocenters.